The van der Waals surface area contributed by atoms with Crippen molar-refractivity contribution in [2.24, 2.45) is 0 Å². The molecule has 2 heterocycles. The second kappa shape index (κ2) is 8.95. The number of nitrogens with zero attached hydrogens (tertiary/aromatic N) is 2. The molecule has 0 aliphatic carbocycles. The van der Waals surface area contributed by atoms with Crippen LogP contribution in [0.4, 0.5) is 0 Å². The van der Waals surface area contributed by atoms with Gasteiger partial charge >= 0.3 is 0 Å². The zero-order chi connectivity index (χ0) is 16.8. The molecule has 2 unspecified atom stereocenters. The van der Waals surface area contributed by atoms with Gasteiger partial charge in [0.25, 0.3) is 0 Å². The standard InChI is InChI=1S/C20H33N3O/c1-3-24-19-10-7-13-21-20(19)22(2)18-11-14-23(15-12-18)16-17-8-5-4-6-9-17/h4-6,8-9,18-21H,3,7,10-16H2,1-2H3. The first-order valence-electron chi connectivity index (χ1n) is 9.61. The number of nitrogens with one attached hydrogen (secondary N) is 1. The summed E-state index contributed by atoms with van der Waals surface area (Å²) in [4.78, 5) is 5.15. The first-order chi connectivity index (χ1) is 11.8. The maximum atomic E-state index is 5.99. The normalized spacial score (nSPS) is 26.8. The maximum Gasteiger partial charge on any atom is 0.0867 e. The van der Waals surface area contributed by atoms with E-state index in [-0.39, 0.29) is 0 Å². The van der Waals surface area contributed by atoms with Gasteiger partial charge in [-0.1, -0.05) is 30.3 Å². The van der Waals surface area contributed by atoms with Crippen LogP contribution in [0.2, 0.25) is 0 Å². The summed E-state index contributed by atoms with van der Waals surface area (Å²) >= 11 is 0. The van der Waals surface area contributed by atoms with E-state index in [9.17, 15) is 0 Å². The minimum atomic E-state index is 0.344. The van der Waals surface area contributed by atoms with Gasteiger partial charge in [-0.2, -0.15) is 0 Å². The molecule has 2 fully saturated rings. The summed E-state index contributed by atoms with van der Waals surface area (Å²) in [6, 6.07) is 11.5. The lowest BCUT2D eigenvalue weighted by Crippen LogP contribution is -2.59. The molecule has 0 amide bonds. The molecule has 2 atom stereocenters. The highest BCUT2D eigenvalue weighted by Crippen LogP contribution is 2.23. The number of piperidine rings is 2. The third-order valence-electron chi connectivity index (χ3n) is 5.57. The lowest BCUT2D eigenvalue weighted by molar-refractivity contribution is -0.0523. The molecular formula is C20H33N3O. The van der Waals surface area contributed by atoms with Crippen molar-refractivity contribution in [1.29, 1.82) is 0 Å². The van der Waals surface area contributed by atoms with Crippen LogP contribution >= 0.6 is 0 Å². The van der Waals surface area contributed by atoms with Crippen molar-refractivity contribution >= 4 is 0 Å². The summed E-state index contributed by atoms with van der Waals surface area (Å²) in [5.41, 5.74) is 1.43. The van der Waals surface area contributed by atoms with Crippen LogP contribution in [0.3, 0.4) is 0 Å². The Kier molecular flexibility index (Phi) is 6.67. The molecule has 0 aromatic heterocycles. The smallest absolute Gasteiger partial charge is 0.0867 e. The fraction of sp³-hybridized carbons (Fsp3) is 0.700. The molecule has 1 aromatic carbocycles. The molecule has 4 nitrogen and oxygen atoms in total. The molecule has 1 N–H and O–H groups in total. The van der Waals surface area contributed by atoms with Gasteiger partial charge in [-0.3, -0.25) is 15.1 Å². The van der Waals surface area contributed by atoms with E-state index in [1.54, 1.807) is 0 Å². The monoisotopic (exact) mass is 331 g/mol. The molecule has 0 spiro atoms. The van der Waals surface area contributed by atoms with E-state index >= 15 is 0 Å². The van der Waals surface area contributed by atoms with Crippen molar-refractivity contribution in [3.8, 4) is 0 Å². The minimum Gasteiger partial charge on any atom is -0.375 e. The van der Waals surface area contributed by atoms with Crippen molar-refractivity contribution in [3.05, 3.63) is 35.9 Å². The number of likely N-dealkylation sites (N-methyl/N-ethyl adjacent to an activating group) is 1. The number of rotatable bonds is 6. The summed E-state index contributed by atoms with van der Waals surface area (Å²) in [6.45, 7) is 7.50. The van der Waals surface area contributed by atoms with E-state index in [2.05, 4.69) is 59.4 Å². The highest BCUT2D eigenvalue weighted by molar-refractivity contribution is 5.14. The van der Waals surface area contributed by atoms with Crippen LogP contribution in [0.5, 0.6) is 0 Å². The molecule has 24 heavy (non-hydrogen) atoms. The predicted molar refractivity (Wildman–Crippen MR) is 98.9 cm³/mol. The molecule has 0 bridgehead atoms. The van der Waals surface area contributed by atoms with Crippen LogP contribution in [-0.4, -0.2) is 61.4 Å². The molecule has 1 aromatic rings. The van der Waals surface area contributed by atoms with E-state index in [0.717, 1.165) is 19.7 Å². The molecule has 2 saturated heterocycles. The average molecular weight is 332 g/mol. The second-order valence-electron chi connectivity index (χ2n) is 7.19. The summed E-state index contributed by atoms with van der Waals surface area (Å²) in [5, 5.41) is 3.69. The Morgan fingerprint density at radius 3 is 2.62 bits per heavy atom. The van der Waals surface area contributed by atoms with Crippen molar-refractivity contribution in [3.63, 3.8) is 0 Å². The molecule has 0 saturated carbocycles. The van der Waals surface area contributed by atoms with Crippen LogP contribution in [-0.2, 0) is 11.3 Å². The minimum absolute atomic E-state index is 0.344. The zero-order valence-corrected chi connectivity index (χ0v) is 15.3. The number of hydrogen-bond donors (Lipinski definition) is 1. The number of ether oxygens (including phenoxy) is 1. The van der Waals surface area contributed by atoms with Crippen LogP contribution < -0.4 is 5.32 Å². The van der Waals surface area contributed by atoms with Gasteiger partial charge in [0.2, 0.25) is 0 Å². The van der Waals surface area contributed by atoms with Gasteiger partial charge in [-0.25, -0.2) is 0 Å². The Bertz CT molecular complexity index is 471. The van der Waals surface area contributed by atoms with E-state index in [0.29, 0.717) is 18.3 Å². The highest BCUT2D eigenvalue weighted by Gasteiger charge is 2.33. The van der Waals surface area contributed by atoms with Crippen molar-refractivity contribution in [2.75, 3.05) is 33.3 Å². The third kappa shape index (κ3) is 4.57. The van der Waals surface area contributed by atoms with Crippen molar-refractivity contribution < 1.29 is 4.74 Å². The van der Waals surface area contributed by atoms with E-state index in [4.69, 9.17) is 4.74 Å². The van der Waals surface area contributed by atoms with Gasteiger partial charge < -0.3 is 4.74 Å². The Hall–Kier alpha value is -0.940. The van der Waals surface area contributed by atoms with Gasteiger partial charge in [0.05, 0.1) is 12.3 Å². The molecule has 3 rings (SSSR count). The van der Waals surface area contributed by atoms with E-state index in [1.807, 2.05) is 0 Å². The maximum absolute atomic E-state index is 5.99. The van der Waals surface area contributed by atoms with E-state index in [1.165, 1.54) is 44.3 Å². The molecule has 2 aliphatic rings. The quantitative estimate of drug-likeness (QED) is 0.867. The molecular weight excluding hydrogens is 298 g/mol. The van der Waals surface area contributed by atoms with Gasteiger partial charge in [0.15, 0.2) is 0 Å². The topological polar surface area (TPSA) is 27.7 Å². The molecule has 2 aliphatic heterocycles. The number of benzene rings is 1. The van der Waals surface area contributed by atoms with Gasteiger partial charge in [-0.05, 0) is 64.9 Å². The van der Waals surface area contributed by atoms with Crippen LogP contribution in [0.25, 0.3) is 0 Å². The van der Waals surface area contributed by atoms with Crippen molar-refractivity contribution in [1.82, 2.24) is 15.1 Å². The fourth-order valence-corrected chi connectivity index (χ4v) is 4.19. The Balaban J connectivity index is 1.50. The number of likely N-dealkylation sites (tertiary alicyclic amines) is 1. The van der Waals surface area contributed by atoms with Crippen LogP contribution in [0.15, 0.2) is 30.3 Å². The SMILES string of the molecule is CCOC1CCCNC1N(C)C1CCN(Cc2ccccc2)CC1. The summed E-state index contributed by atoms with van der Waals surface area (Å²) in [7, 11) is 2.28. The van der Waals surface area contributed by atoms with Gasteiger partial charge in [-0.15, -0.1) is 0 Å². The largest absolute Gasteiger partial charge is 0.375 e. The first kappa shape index (κ1) is 17.9. The average Bonchev–Trinajstić information content (AvgIpc) is 2.63. The molecule has 0 radical (unpaired) electrons. The summed E-state index contributed by atoms with van der Waals surface area (Å²) in [5.74, 6) is 0. The first-order valence-corrected chi connectivity index (χ1v) is 9.61. The lowest BCUT2D eigenvalue weighted by Gasteiger charge is -2.44. The highest BCUT2D eigenvalue weighted by atomic mass is 16.5. The van der Waals surface area contributed by atoms with Crippen LogP contribution in [0, 0.1) is 0 Å². The Morgan fingerprint density at radius 1 is 1.17 bits per heavy atom. The van der Waals surface area contributed by atoms with E-state index < -0.39 is 0 Å². The van der Waals surface area contributed by atoms with Crippen molar-refractivity contribution in [2.45, 2.75) is 57.5 Å². The Morgan fingerprint density at radius 2 is 1.92 bits per heavy atom. The molecule has 134 valence electrons. The summed E-state index contributed by atoms with van der Waals surface area (Å²) in [6.07, 6.45) is 5.63. The third-order valence-corrected chi connectivity index (χ3v) is 5.57. The Labute approximate surface area is 147 Å². The van der Waals surface area contributed by atoms with Crippen LogP contribution in [0.1, 0.15) is 38.2 Å². The number of hydrogen-bond acceptors (Lipinski definition) is 4. The second-order valence-corrected chi connectivity index (χ2v) is 7.19. The lowest BCUT2D eigenvalue weighted by atomic mass is 9.99. The van der Waals surface area contributed by atoms with Gasteiger partial charge in [0, 0.05) is 19.2 Å². The molecule has 4 heteroatoms. The fourth-order valence-electron chi connectivity index (χ4n) is 4.19. The van der Waals surface area contributed by atoms with Gasteiger partial charge in [0.1, 0.15) is 0 Å². The zero-order valence-electron chi connectivity index (χ0n) is 15.3. The summed E-state index contributed by atoms with van der Waals surface area (Å²) < 4.78 is 5.99. The predicted octanol–water partition coefficient (Wildman–Crippen LogP) is 2.70.